The lowest BCUT2D eigenvalue weighted by Crippen LogP contribution is -2.49. The molecule has 144 heavy (non-hydrogen) atoms. The third kappa shape index (κ3) is 12.9. The van der Waals surface area contributed by atoms with E-state index in [0.717, 1.165) is 29.4 Å². The molecule has 0 spiro atoms. The van der Waals surface area contributed by atoms with Gasteiger partial charge in [-0.1, -0.05) is 79.7 Å². The standard InChI is InChI=1S/C111H80N6O24S3/c1-5-111(51-139-48-54(2)112-99(121)75-30-18-63-69-24-36-81-96-82(37-25-70(90(69)96)64-19-31-76(100(112)122)93(75)87(63)64)106(128)115(105(81)127)57-6-12-60(13-7-57)142(133,134)45-42-118,52-140-49-55(3)113-101(123)77-32-20-65-71-26-38-83-97-84(39-27-72(91(71)97)66-21-33-78(102(113)124)94(77)88(65)66)108(130)116(107(83)129)58-8-14-61(15-9-58)143(135,136)46-43-119)53-141-50-56(4)114-103(125)79-34-22-67-73-28-40-85-98-86(41-29-74(92(73)98)68-23-35-80(104(114)126)95(79)89(67)68)110(132)117(109(85)131)59-10-16-62(17-11-59)144(137,138)47-44-120/h6-41,54-56,118-120H,5,42-53H2,1-4H3. The molecule has 0 saturated carbocycles. The van der Waals surface area contributed by atoms with Gasteiger partial charge < -0.3 is 29.5 Å². The van der Waals surface area contributed by atoms with E-state index in [9.17, 15) is 69.3 Å². The van der Waals surface area contributed by atoms with Gasteiger partial charge in [-0.2, -0.15) is 0 Å². The van der Waals surface area contributed by atoms with Crippen LogP contribution < -0.4 is 14.7 Å². The van der Waals surface area contributed by atoms with Crippen LogP contribution in [0.1, 0.15) is 158 Å². The quantitative estimate of drug-likeness (QED) is 0.0233. The minimum Gasteiger partial charge on any atom is -0.395 e. The van der Waals surface area contributed by atoms with Crippen molar-refractivity contribution in [1.29, 1.82) is 0 Å². The van der Waals surface area contributed by atoms with E-state index in [1.54, 1.807) is 166 Å². The maximum Gasteiger partial charge on any atom is 0.265 e. The Bertz CT molecular complexity index is 8190. The number of aliphatic hydroxyl groups is 3. The highest BCUT2D eigenvalue weighted by molar-refractivity contribution is 7.92. The Morgan fingerprint density at radius 1 is 0.236 bits per heavy atom. The predicted molar refractivity (Wildman–Crippen MR) is 538 cm³/mol. The molecule has 0 fully saturated rings. The zero-order valence-electron chi connectivity index (χ0n) is 77.0. The van der Waals surface area contributed by atoms with Crippen LogP contribution in [0.4, 0.5) is 17.1 Å². The maximum absolute atomic E-state index is 15.3. The molecule has 6 aliphatic heterocycles. The fourth-order valence-corrected chi connectivity index (χ4v) is 26.0. The Hall–Kier alpha value is -15.7. The number of benzene rings is 18. The first-order valence-electron chi connectivity index (χ1n) is 46.7. The fourth-order valence-electron chi connectivity index (χ4n) is 22.9. The van der Waals surface area contributed by atoms with Crippen LogP contribution in [0.15, 0.2) is 233 Å². The van der Waals surface area contributed by atoms with Crippen molar-refractivity contribution in [3.05, 3.63) is 285 Å². The number of aliphatic hydroxyl groups excluding tert-OH is 3. The molecule has 3 atom stereocenters. The molecule has 12 amide bonds. The van der Waals surface area contributed by atoms with E-state index < -0.39 is 161 Å². The van der Waals surface area contributed by atoms with Crippen molar-refractivity contribution in [2.75, 3.05) is 91.4 Å². The topological polar surface area (TPSA) is 415 Å². The highest BCUT2D eigenvalue weighted by Gasteiger charge is 2.47. The number of carbonyl (C=O) groups is 12. The van der Waals surface area contributed by atoms with Gasteiger partial charge in [0.25, 0.3) is 70.9 Å². The highest BCUT2D eigenvalue weighted by atomic mass is 32.2. The number of rotatable bonds is 28. The van der Waals surface area contributed by atoms with Gasteiger partial charge in [0.1, 0.15) is 0 Å². The summed E-state index contributed by atoms with van der Waals surface area (Å²) >= 11 is 0. The summed E-state index contributed by atoms with van der Waals surface area (Å²) in [6.07, 6.45) is 0.265. The smallest absolute Gasteiger partial charge is 0.265 e. The Labute approximate surface area is 817 Å². The van der Waals surface area contributed by atoms with Gasteiger partial charge in [0, 0.05) is 104 Å². The van der Waals surface area contributed by atoms with Gasteiger partial charge in [-0.05, 0) is 270 Å². The van der Waals surface area contributed by atoms with Gasteiger partial charge in [0.15, 0.2) is 29.5 Å². The van der Waals surface area contributed by atoms with E-state index in [1.807, 2.05) is 6.92 Å². The fraction of sp³-hybridized carbons (Fsp3) is 0.189. The average molecular weight is 1980 g/mol. The maximum atomic E-state index is 15.3. The number of fused-ring (bicyclic) bond motifs is 6. The van der Waals surface area contributed by atoms with Gasteiger partial charge in [0.05, 0.1) is 127 Å². The molecule has 3 N–H and O–H groups in total. The number of anilines is 3. The lowest BCUT2D eigenvalue weighted by atomic mass is 9.82. The Balaban J connectivity index is 0.509. The number of hydrogen-bond donors (Lipinski definition) is 3. The second-order valence-corrected chi connectivity index (χ2v) is 44.1. The molecule has 18 aromatic rings. The molecule has 0 aliphatic carbocycles. The number of sulfone groups is 3. The second-order valence-electron chi connectivity index (χ2n) is 37.8. The van der Waals surface area contributed by atoms with Crippen LogP contribution in [-0.4, -0.2) is 221 Å². The van der Waals surface area contributed by atoms with Crippen molar-refractivity contribution in [3.8, 4) is 0 Å². The van der Waals surface area contributed by atoms with Crippen LogP contribution in [-0.2, 0) is 43.7 Å². The van der Waals surface area contributed by atoms with Crippen LogP contribution in [0, 0.1) is 5.41 Å². The first kappa shape index (κ1) is 90.8. The lowest BCUT2D eigenvalue weighted by Gasteiger charge is -2.37. The van der Waals surface area contributed by atoms with Gasteiger partial charge in [0.2, 0.25) is 0 Å². The lowest BCUT2D eigenvalue weighted by molar-refractivity contribution is -0.0841. The van der Waals surface area contributed by atoms with Crippen molar-refractivity contribution in [1.82, 2.24) is 14.7 Å². The van der Waals surface area contributed by atoms with E-state index in [2.05, 4.69) is 0 Å². The highest BCUT2D eigenvalue weighted by Crippen LogP contribution is 2.53. The molecule has 18 aromatic carbocycles. The van der Waals surface area contributed by atoms with Crippen molar-refractivity contribution in [2.24, 2.45) is 5.41 Å². The number of imide groups is 6. The third-order valence-electron chi connectivity index (χ3n) is 29.8. The van der Waals surface area contributed by atoms with Crippen LogP contribution in [0.25, 0.3) is 129 Å². The van der Waals surface area contributed by atoms with E-state index in [0.29, 0.717) is 129 Å². The van der Waals surface area contributed by atoms with E-state index >= 15 is 28.8 Å². The molecule has 716 valence electrons. The van der Waals surface area contributed by atoms with Crippen LogP contribution >= 0.6 is 0 Å². The molecule has 33 heteroatoms. The van der Waals surface area contributed by atoms with Gasteiger partial charge in [-0.25, -0.2) is 40.0 Å². The summed E-state index contributed by atoms with van der Waals surface area (Å²) in [4.78, 5) is 186. The predicted octanol–water partition coefficient (Wildman–Crippen LogP) is 15.3. The molecule has 3 unspecified atom stereocenters. The SMILES string of the molecule is CCC(COCC(C)N1C(=O)c2ccc3c4ccc5c6c(ccc(c7ccc(c2c37)C1=O)c64)C(=O)N(c1ccc(S(=O)(=O)CCO)cc1)C5=O)(COCC(C)N1C(=O)c2ccc3c4ccc5c6c(ccc(c7ccc(c2c37)C1=O)c64)C(=O)N(c1ccc(S(=O)(=O)CCO)cc1)C5=O)COCC(C)N1C(=O)c2ccc3c4ccc5c6c(ccc(c7ccc(c2c37)C1=O)c64)C(=O)N(c1ccc(S(=O)(=O)CCO)cc1)C5=O. The third-order valence-corrected chi connectivity index (χ3v) is 34.9. The van der Waals surface area contributed by atoms with Crippen LogP contribution in [0.5, 0.6) is 0 Å². The minimum atomic E-state index is -3.85. The molecular weight excluding hydrogens is 1900 g/mol. The van der Waals surface area contributed by atoms with Crippen molar-refractivity contribution >= 4 is 247 Å². The normalized spacial score (nSPS) is 16.3. The van der Waals surface area contributed by atoms with E-state index in [4.69, 9.17) is 14.2 Å². The number of amides is 12. The largest absolute Gasteiger partial charge is 0.395 e. The summed E-state index contributed by atoms with van der Waals surface area (Å²) in [7, 11) is -11.6. The summed E-state index contributed by atoms with van der Waals surface area (Å²) < 4.78 is 97.0. The number of nitrogens with zero attached hydrogens (tertiary/aromatic N) is 6. The van der Waals surface area contributed by atoms with Gasteiger partial charge in [-0.15, -0.1) is 0 Å². The van der Waals surface area contributed by atoms with Gasteiger partial charge >= 0.3 is 0 Å². The van der Waals surface area contributed by atoms with Crippen molar-refractivity contribution < 1.29 is 112 Å². The van der Waals surface area contributed by atoms with Gasteiger partial charge in [-0.3, -0.25) is 72.2 Å². The van der Waals surface area contributed by atoms with Crippen LogP contribution in [0.3, 0.4) is 0 Å². The molecule has 0 aromatic heterocycles. The minimum absolute atomic E-state index is 0.0924. The molecule has 30 nitrogen and oxygen atoms in total. The first-order valence-corrected chi connectivity index (χ1v) is 51.7. The Morgan fingerprint density at radius 2 is 0.396 bits per heavy atom. The molecular formula is C111H80N6O24S3. The molecule has 0 bridgehead atoms. The zero-order valence-corrected chi connectivity index (χ0v) is 79.5. The summed E-state index contributed by atoms with van der Waals surface area (Å²) in [6.45, 7) is 3.96. The monoisotopic (exact) mass is 1980 g/mol. The Morgan fingerprint density at radius 3 is 0.549 bits per heavy atom. The van der Waals surface area contributed by atoms with Crippen LogP contribution in [0.2, 0.25) is 0 Å². The summed E-state index contributed by atoms with van der Waals surface area (Å²) in [6, 6.07) is 54.0. The van der Waals surface area contributed by atoms with E-state index in [1.165, 1.54) is 72.8 Å². The van der Waals surface area contributed by atoms with E-state index in [-0.39, 0.29) is 145 Å². The molecule has 0 saturated heterocycles. The summed E-state index contributed by atoms with van der Waals surface area (Å²) in [5.41, 5.74) is 1.88. The second kappa shape index (κ2) is 32.7. The first-order chi connectivity index (χ1) is 69.3. The number of hydrogen-bond acceptors (Lipinski definition) is 24. The molecule has 6 aliphatic rings. The molecule has 24 rings (SSSR count). The van der Waals surface area contributed by atoms with Crippen molar-refractivity contribution in [3.63, 3.8) is 0 Å². The molecule has 6 heterocycles. The molecule has 0 radical (unpaired) electrons. The Kier molecular flexibility index (Phi) is 20.6. The summed E-state index contributed by atoms with van der Waals surface area (Å²) in [5, 5.41) is 41.9. The number of ether oxygens (including phenoxy) is 3. The van der Waals surface area contributed by atoms with Crippen molar-refractivity contribution in [2.45, 2.75) is 66.9 Å². The average Bonchev–Trinajstić information content (AvgIpc) is 0.693. The number of carbonyl (C=O) groups excluding carboxylic acids is 12. The zero-order chi connectivity index (χ0) is 100. The summed E-state index contributed by atoms with van der Waals surface area (Å²) in [5.74, 6) is -9.08.